The van der Waals surface area contributed by atoms with Gasteiger partial charge in [0.25, 0.3) is 5.91 Å². The Labute approximate surface area is 145 Å². The zero-order valence-corrected chi connectivity index (χ0v) is 13.8. The second-order valence-electron chi connectivity index (χ2n) is 5.97. The number of tetrazole rings is 1. The summed E-state index contributed by atoms with van der Waals surface area (Å²) in [6.45, 7) is 1.93. The molecule has 9 nitrogen and oxygen atoms in total. The molecular weight excluding hydrogens is 322 g/mol. The normalized spacial score (nSPS) is 17.3. The first-order valence-electron chi connectivity index (χ1n) is 8.29. The van der Waals surface area contributed by atoms with Crippen molar-refractivity contribution in [3.05, 3.63) is 36.2 Å². The summed E-state index contributed by atoms with van der Waals surface area (Å²) in [4.78, 5) is 26.7. The number of carbonyl (C=O) groups is 2. The lowest BCUT2D eigenvalue weighted by atomic mass is 9.96. The molecule has 132 valence electrons. The molecule has 3 N–H and O–H groups in total. The van der Waals surface area contributed by atoms with Gasteiger partial charge in [0.1, 0.15) is 6.33 Å². The van der Waals surface area contributed by atoms with E-state index in [2.05, 4.69) is 20.8 Å². The van der Waals surface area contributed by atoms with Crippen molar-refractivity contribution in [3.8, 4) is 5.69 Å². The van der Waals surface area contributed by atoms with E-state index in [-0.39, 0.29) is 17.7 Å². The van der Waals surface area contributed by atoms with E-state index < -0.39 is 0 Å². The number of rotatable bonds is 5. The molecule has 1 aliphatic rings. The smallest absolute Gasteiger partial charge is 0.253 e. The minimum Gasteiger partial charge on any atom is -0.355 e. The third-order valence-electron chi connectivity index (χ3n) is 4.23. The van der Waals surface area contributed by atoms with Crippen LogP contribution in [0, 0.1) is 5.92 Å². The highest BCUT2D eigenvalue weighted by Crippen LogP contribution is 2.20. The number of benzene rings is 1. The number of likely N-dealkylation sites (tertiary alicyclic amines) is 1. The fourth-order valence-corrected chi connectivity index (χ4v) is 2.96. The Morgan fingerprint density at radius 3 is 3.00 bits per heavy atom. The molecule has 2 amide bonds. The molecule has 2 heterocycles. The maximum absolute atomic E-state index is 12.8. The van der Waals surface area contributed by atoms with E-state index in [9.17, 15) is 9.59 Å². The van der Waals surface area contributed by atoms with E-state index in [1.165, 1.54) is 11.0 Å². The Kier molecular flexibility index (Phi) is 5.34. The van der Waals surface area contributed by atoms with Gasteiger partial charge in [-0.25, -0.2) is 4.68 Å². The fraction of sp³-hybridized carbons (Fsp3) is 0.438. The van der Waals surface area contributed by atoms with Gasteiger partial charge in [-0.2, -0.15) is 0 Å². The number of aromatic nitrogens is 4. The molecule has 0 bridgehead atoms. The number of hydrogen-bond acceptors (Lipinski definition) is 6. The molecule has 0 spiro atoms. The Bertz CT molecular complexity index is 732. The van der Waals surface area contributed by atoms with Crippen LogP contribution < -0.4 is 11.1 Å². The number of amides is 2. The Morgan fingerprint density at radius 1 is 1.36 bits per heavy atom. The summed E-state index contributed by atoms with van der Waals surface area (Å²) < 4.78 is 1.50. The monoisotopic (exact) mass is 343 g/mol. The maximum Gasteiger partial charge on any atom is 0.253 e. The molecule has 1 aliphatic heterocycles. The summed E-state index contributed by atoms with van der Waals surface area (Å²) in [5.41, 5.74) is 6.68. The number of nitrogens with one attached hydrogen (secondary N) is 1. The van der Waals surface area contributed by atoms with Crippen LogP contribution in [0.15, 0.2) is 30.6 Å². The van der Waals surface area contributed by atoms with Crippen molar-refractivity contribution < 1.29 is 9.59 Å². The number of nitrogens with zero attached hydrogens (tertiary/aromatic N) is 5. The highest BCUT2D eigenvalue weighted by atomic mass is 16.2. The number of carbonyl (C=O) groups excluding carboxylic acids is 2. The molecule has 1 aromatic heterocycles. The van der Waals surface area contributed by atoms with Crippen molar-refractivity contribution in [2.45, 2.75) is 12.8 Å². The van der Waals surface area contributed by atoms with Gasteiger partial charge in [-0.05, 0) is 41.5 Å². The second-order valence-corrected chi connectivity index (χ2v) is 5.97. The van der Waals surface area contributed by atoms with Crippen molar-refractivity contribution >= 4 is 11.8 Å². The van der Waals surface area contributed by atoms with Gasteiger partial charge in [0.15, 0.2) is 0 Å². The first-order valence-corrected chi connectivity index (χ1v) is 8.29. The molecule has 9 heteroatoms. The molecule has 0 radical (unpaired) electrons. The van der Waals surface area contributed by atoms with Crippen LogP contribution >= 0.6 is 0 Å². The van der Waals surface area contributed by atoms with Gasteiger partial charge >= 0.3 is 0 Å². The van der Waals surface area contributed by atoms with Gasteiger partial charge in [0, 0.05) is 31.7 Å². The lowest BCUT2D eigenvalue weighted by molar-refractivity contribution is -0.126. The van der Waals surface area contributed by atoms with Crippen LogP contribution in [0.25, 0.3) is 5.69 Å². The largest absolute Gasteiger partial charge is 0.355 e. The van der Waals surface area contributed by atoms with Crippen molar-refractivity contribution in [2.24, 2.45) is 11.7 Å². The van der Waals surface area contributed by atoms with Gasteiger partial charge in [0.2, 0.25) is 5.91 Å². The minimum atomic E-state index is -0.188. The van der Waals surface area contributed by atoms with Gasteiger partial charge in [-0.1, -0.05) is 6.07 Å². The zero-order chi connectivity index (χ0) is 17.6. The van der Waals surface area contributed by atoms with Crippen LogP contribution in [-0.4, -0.2) is 63.1 Å². The van der Waals surface area contributed by atoms with E-state index >= 15 is 0 Å². The quantitative estimate of drug-likeness (QED) is 0.762. The molecule has 1 fully saturated rings. The third kappa shape index (κ3) is 4.00. The summed E-state index contributed by atoms with van der Waals surface area (Å²) in [5, 5.41) is 13.8. The molecular formula is C16H21N7O2. The lowest BCUT2D eigenvalue weighted by Crippen LogP contribution is -2.46. The predicted molar refractivity (Wildman–Crippen MR) is 89.8 cm³/mol. The summed E-state index contributed by atoms with van der Waals surface area (Å²) in [6.07, 6.45) is 3.06. The van der Waals surface area contributed by atoms with E-state index in [0.717, 1.165) is 12.8 Å². The van der Waals surface area contributed by atoms with Crippen LogP contribution in [0.3, 0.4) is 0 Å². The average molecular weight is 343 g/mol. The third-order valence-corrected chi connectivity index (χ3v) is 4.23. The molecule has 25 heavy (non-hydrogen) atoms. The SMILES string of the molecule is NCCNC(=O)C1CCCN(C(=O)c2cccc(-n3cnnn3)c2)C1. The first-order chi connectivity index (χ1) is 12.2. The van der Waals surface area contributed by atoms with Crippen LogP contribution in [0.4, 0.5) is 0 Å². The summed E-state index contributed by atoms with van der Waals surface area (Å²) >= 11 is 0. The molecule has 0 aliphatic carbocycles. The minimum absolute atomic E-state index is 0.0367. The Balaban J connectivity index is 1.70. The van der Waals surface area contributed by atoms with Crippen molar-refractivity contribution in [1.82, 2.24) is 30.4 Å². The van der Waals surface area contributed by atoms with Crippen LogP contribution in [0.2, 0.25) is 0 Å². The topological polar surface area (TPSA) is 119 Å². The van der Waals surface area contributed by atoms with Crippen molar-refractivity contribution in [2.75, 3.05) is 26.2 Å². The highest BCUT2D eigenvalue weighted by molar-refractivity contribution is 5.95. The van der Waals surface area contributed by atoms with E-state index in [4.69, 9.17) is 5.73 Å². The molecule has 1 unspecified atom stereocenters. The molecule has 3 rings (SSSR count). The van der Waals surface area contributed by atoms with Gasteiger partial charge < -0.3 is 16.0 Å². The summed E-state index contributed by atoms with van der Waals surface area (Å²) in [5.74, 6) is -0.316. The lowest BCUT2D eigenvalue weighted by Gasteiger charge is -2.32. The number of piperidine rings is 1. The summed E-state index contributed by atoms with van der Waals surface area (Å²) in [6, 6.07) is 7.12. The van der Waals surface area contributed by atoms with Crippen LogP contribution in [0.1, 0.15) is 23.2 Å². The molecule has 1 aromatic carbocycles. The standard InChI is InChI=1S/C16H21N7O2/c17-6-7-18-15(24)13-4-2-8-22(10-13)16(25)12-3-1-5-14(9-12)23-11-19-20-21-23/h1,3,5,9,11,13H,2,4,6-8,10,17H2,(H,18,24). The van der Waals surface area contributed by atoms with Gasteiger partial charge in [0.05, 0.1) is 11.6 Å². The molecule has 0 saturated carbocycles. The molecule has 1 saturated heterocycles. The predicted octanol–water partition coefficient (Wildman–Crippen LogP) is -0.411. The van der Waals surface area contributed by atoms with Crippen molar-refractivity contribution in [3.63, 3.8) is 0 Å². The Morgan fingerprint density at radius 2 is 2.24 bits per heavy atom. The first kappa shape index (κ1) is 17.0. The average Bonchev–Trinajstić information content (AvgIpc) is 3.20. The maximum atomic E-state index is 12.8. The molecule has 2 aromatic rings. The van der Waals surface area contributed by atoms with E-state index in [0.29, 0.717) is 37.4 Å². The molecule has 1 atom stereocenters. The second kappa shape index (κ2) is 7.84. The number of hydrogen-bond donors (Lipinski definition) is 2. The van der Waals surface area contributed by atoms with E-state index in [1.807, 2.05) is 6.07 Å². The van der Waals surface area contributed by atoms with Crippen LogP contribution in [0.5, 0.6) is 0 Å². The zero-order valence-electron chi connectivity index (χ0n) is 13.8. The highest BCUT2D eigenvalue weighted by Gasteiger charge is 2.28. The Hall–Kier alpha value is -2.81. The van der Waals surface area contributed by atoms with E-state index in [1.54, 1.807) is 23.1 Å². The van der Waals surface area contributed by atoms with Gasteiger partial charge in [-0.15, -0.1) is 5.10 Å². The summed E-state index contributed by atoms with van der Waals surface area (Å²) in [7, 11) is 0. The van der Waals surface area contributed by atoms with Crippen LogP contribution in [-0.2, 0) is 4.79 Å². The van der Waals surface area contributed by atoms with Crippen molar-refractivity contribution in [1.29, 1.82) is 0 Å². The fourth-order valence-electron chi connectivity index (χ4n) is 2.96. The van der Waals surface area contributed by atoms with Gasteiger partial charge in [-0.3, -0.25) is 9.59 Å². The number of nitrogens with two attached hydrogens (primary N) is 1.